The van der Waals surface area contributed by atoms with Gasteiger partial charge in [-0.25, -0.2) is 0 Å². The zero-order valence-corrected chi connectivity index (χ0v) is 8.56. The number of carbonyl (C=O) groups excluding carboxylic acids is 1. The first-order chi connectivity index (χ1) is 7.71. The van der Waals surface area contributed by atoms with E-state index in [-0.39, 0.29) is 0 Å². The van der Waals surface area contributed by atoms with Crippen LogP contribution in [-0.4, -0.2) is 28.0 Å². The number of hydrogen-bond acceptors (Lipinski definition) is 4. The number of carbonyl (C=O) groups is 1. The van der Waals surface area contributed by atoms with Gasteiger partial charge in [-0.2, -0.15) is 13.2 Å². The van der Waals surface area contributed by atoms with Crippen molar-refractivity contribution in [1.82, 2.24) is 4.57 Å². The molecule has 0 radical (unpaired) electrons. The lowest BCUT2D eigenvalue weighted by molar-refractivity contribution is -0.265. The summed E-state index contributed by atoms with van der Waals surface area (Å²) in [7, 11) is 0. The van der Waals surface area contributed by atoms with Crippen LogP contribution in [0.4, 0.5) is 13.2 Å². The van der Waals surface area contributed by atoms with Gasteiger partial charge in [-0.3, -0.25) is 14.2 Å². The lowest BCUT2D eigenvalue weighted by atomic mass is 10.4. The Morgan fingerprint density at radius 2 is 2.12 bits per heavy atom. The molecule has 1 unspecified atom stereocenters. The maximum Gasteiger partial charge on any atom is 0.452 e. The molecule has 1 aromatic rings. The van der Waals surface area contributed by atoms with Crippen LogP contribution in [0.15, 0.2) is 23.3 Å². The number of alkyl halides is 3. The lowest BCUT2D eigenvalue weighted by Gasteiger charge is -2.16. The van der Waals surface area contributed by atoms with E-state index in [2.05, 4.69) is 4.74 Å². The van der Waals surface area contributed by atoms with Crippen LogP contribution < -0.4 is 10.2 Å². The number of hydrogen-bond donors (Lipinski definition) is 1. The van der Waals surface area contributed by atoms with E-state index in [9.17, 15) is 22.8 Å². The van der Waals surface area contributed by atoms with Gasteiger partial charge in [-0.05, 0) is 0 Å². The van der Waals surface area contributed by atoms with Gasteiger partial charge in [0.1, 0.15) is 0 Å². The number of aliphatic hydroxyl groups excluding tert-OH is 1. The van der Waals surface area contributed by atoms with Gasteiger partial charge in [0.25, 0.3) is 6.29 Å². The van der Waals surface area contributed by atoms with Crippen molar-refractivity contribution in [2.45, 2.75) is 19.4 Å². The first-order valence-corrected chi connectivity index (χ1v) is 4.36. The molecule has 0 fully saturated rings. The highest BCUT2D eigenvalue weighted by Crippen LogP contribution is 2.21. The van der Waals surface area contributed by atoms with Crippen molar-refractivity contribution in [3.8, 4) is 5.75 Å². The molecule has 0 aromatic carbocycles. The van der Waals surface area contributed by atoms with E-state index in [0.717, 1.165) is 30.0 Å². The maximum absolute atomic E-state index is 12.0. The zero-order chi connectivity index (χ0) is 13.2. The van der Waals surface area contributed by atoms with Crippen LogP contribution in [-0.2, 0) is 0 Å². The van der Waals surface area contributed by atoms with E-state index >= 15 is 0 Å². The van der Waals surface area contributed by atoms with Gasteiger partial charge in [0, 0.05) is 19.2 Å². The van der Waals surface area contributed by atoms with Gasteiger partial charge < -0.3 is 9.84 Å². The topological polar surface area (TPSA) is 68.5 Å². The molecular weight excluding hydrogens is 243 g/mol. The fourth-order valence-corrected chi connectivity index (χ4v) is 0.935. The van der Waals surface area contributed by atoms with Crippen LogP contribution in [0.3, 0.4) is 0 Å². The van der Waals surface area contributed by atoms with Crippen LogP contribution in [0, 0.1) is 0 Å². The second kappa shape index (κ2) is 4.58. The summed E-state index contributed by atoms with van der Waals surface area (Å²) in [5.74, 6) is -1.27. The van der Waals surface area contributed by atoms with Gasteiger partial charge in [0.05, 0.1) is 6.20 Å². The van der Waals surface area contributed by atoms with Crippen LogP contribution >= 0.6 is 0 Å². The number of ether oxygens (including phenoxy) is 1. The lowest BCUT2D eigenvalue weighted by Crippen LogP contribution is -2.35. The molecule has 0 saturated carbocycles. The Hall–Kier alpha value is -1.83. The smallest absolute Gasteiger partial charge is 0.450 e. The van der Waals surface area contributed by atoms with Gasteiger partial charge in [0.15, 0.2) is 5.75 Å². The SMILES string of the molecule is CC(=O)n1ccc(=O)c(OC(O)C(F)(F)F)c1. The van der Waals surface area contributed by atoms with Gasteiger partial charge in [-0.15, -0.1) is 0 Å². The molecule has 94 valence electrons. The van der Waals surface area contributed by atoms with E-state index in [1.807, 2.05) is 0 Å². The quantitative estimate of drug-likeness (QED) is 0.788. The van der Waals surface area contributed by atoms with Crippen molar-refractivity contribution < 1.29 is 27.8 Å². The number of aromatic nitrogens is 1. The van der Waals surface area contributed by atoms with Crippen molar-refractivity contribution in [1.29, 1.82) is 0 Å². The van der Waals surface area contributed by atoms with Crippen molar-refractivity contribution in [2.75, 3.05) is 0 Å². The molecule has 5 nitrogen and oxygen atoms in total. The van der Waals surface area contributed by atoms with Crippen LogP contribution in [0.25, 0.3) is 0 Å². The highest BCUT2D eigenvalue weighted by atomic mass is 19.4. The summed E-state index contributed by atoms with van der Waals surface area (Å²) >= 11 is 0. The predicted molar refractivity (Wildman–Crippen MR) is 49.7 cm³/mol. The van der Waals surface area contributed by atoms with Crippen molar-refractivity contribution in [2.24, 2.45) is 0 Å². The highest BCUT2D eigenvalue weighted by molar-refractivity contribution is 5.76. The Labute approximate surface area is 93.0 Å². The van der Waals surface area contributed by atoms with E-state index in [1.165, 1.54) is 0 Å². The molecule has 8 heteroatoms. The molecule has 0 aliphatic carbocycles. The third kappa shape index (κ3) is 3.31. The summed E-state index contributed by atoms with van der Waals surface area (Å²) in [4.78, 5) is 22.0. The maximum atomic E-state index is 12.0. The standard InChI is InChI=1S/C9H8F3NO4/c1-5(14)13-3-2-6(15)7(4-13)17-8(16)9(10,11)12/h2-4,8,16H,1H3. The average molecular weight is 251 g/mol. The molecule has 1 aromatic heterocycles. The Morgan fingerprint density at radius 1 is 1.53 bits per heavy atom. The third-order valence-electron chi connectivity index (χ3n) is 1.77. The largest absolute Gasteiger partial charge is 0.452 e. The van der Waals surface area contributed by atoms with E-state index in [0.29, 0.717) is 0 Å². The fraction of sp³-hybridized carbons (Fsp3) is 0.333. The molecular formula is C9H8F3NO4. The first-order valence-electron chi connectivity index (χ1n) is 4.36. The summed E-state index contributed by atoms with van der Waals surface area (Å²) in [5, 5.41) is 8.61. The molecule has 1 N–H and O–H groups in total. The van der Waals surface area contributed by atoms with Crippen molar-refractivity contribution >= 4 is 5.91 Å². The summed E-state index contributed by atoms with van der Waals surface area (Å²) in [5.41, 5.74) is -0.870. The van der Waals surface area contributed by atoms with Gasteiger partial charge in [0.2, 0.25) is 11.3 Å². The Bertz CT molecular complexity index is 480. The van der Waals surface area contributed by atoms with Crippen LogP contribution in [0.5, 0.6) is 5.75 Å². The average Bonchev–Trinajstić information content (AvgIpc) is 2.19. The zero-order valence-electron chi connectivity index (χ0n) is 8.56. The normalized spacial score (nSPS) is 13.2. The molecule has 0 saturated heterocycles. The highest BCUT2D eigenvalue weighted by Gasteiger charge is 2.41. The predicted octanol–water partition coefficient (Wildman–Crippen LogP) is 0.768. The molecule has 0 aliphatic rings. The Kier molecular flexibility index (Phi) is 3.56. The molecule has 1 atom stereocenters. The Balaban J connectivity index is 3.02. The van der Waals surface area contributed by atoms with Crippen molar-refractivity contribution in [3.63, 3.8) is 0 Å². The molecule has 0 amide bonds. The summed E-state index contributed by atoms with van der Waals surface area (Å²) in [6, 6.07) is 0.861. The molecule has 0 spiro atoms. The fourth-order valence-electron chi connectivity index (χ4n) is 0.935. The number of aliphatic hydroxyl groups is 1. The van der Waals surface area contributed by atoms with E-state index in [1.54, 1.807) is 0 Å². The minimum absolute atomic E-state index is 0.517. The van der Waals surface area contributed by atoms with Gasteiger partial charge in [-0.1, -0.05) is 0 Å². The molecule has 17 heavy (non-hydrogen) atoms. The Morgan fingerprint density at radius 3 is 2.59 bits per heavy atom. The monoisotopic (exact) mass is 251 g/mol. The second-order valence-electron chi connectivity index (χ2n) is 3.11. The first kappa shape index (κ1) is 13.2. The second-order valence-corrected chi connectivity index (χ2v) is 3.11. The summed E-state index contributed by atoms with van der Waals surface area (Å²) < 4.78 is 40.8. The number of pyridine rings is 1. The molecule has 1 rings (SSSR count). The van der Waals surface area contributed by atoms with Gasteiger partial charge >= 0.3 is 6.18 Å². The van der Waals surface area contributed by atoms with E-state index < -0.39 is 29.6 Å². The number of nitrogens with zero attached hydrogens (tertiary/aromatic N) is 1. The minimum atomic E-state index is -5.01. The summed E-state index contributed by atoms with van der Waals surface area (Å²) in [6.45, 7) is 1.15. The van der Waals surface area contributed by atoms with E-state index in [4.69, 9.17) is 5.11 Å². The molecule has 0 aliphatic heterocycles. The third-order valence-corrected chi connectivity index (χ3v) is 1.77. The number of halogens is 3. The molecule has 1 heterocycles. The summed E-state index contributed by atoms with van der Waals surface area (Å²) in [6.07, 6.45) is -6.27. The van der Waals surface area contributed by atoms with Crippen LogP contribution in [0.2, 0.25) is 0 Å². The minimum Gasteiger partial charge on any atom is -0.450 e. The molecule has 0 bridgehead atoms. The number of rotatable bonds is 2. The van der Waals surface area contributed by atoms with Crippen LogP contribution in [0.1, 0.15) is 11.7 Å². The van der Waals surface area contributed by atoms with Crippen molar-refractivity contribution in [3.05, 3.63) is 28.7 Å².